The van der Waals surface area contributed by atoms with Gasteiger partial charge in [-0.15, -0.1) is 0 Å². The van der Waals surface area contributed by atoms with Crippen molar-refractivity contribution >= 4 is 23.1 Å². The molecule has 1 aromatic rings. The van der Waals surface area contributed by atoms with Gasteiger partial charge in [0.1, 0.15) is 5.15 Å². The number of anilines is 1. The molecule has 0 radical (unpaired) electrons. The van der Waals surface area contributed by atoms with Gasteiger partial charge in [0.05, 0.1) is 23.2 Å². The summed E-state index contributed by atoms with van der Waals surface area (Å²) in [4.78, 5) is 14.5. The first-order valence-electron chi connectivity index (χ1n) is 5.86. The van der Waals surface area contributed by atoms with E-state index < -0.39 is 4.92 Å². The van der Waals surface area contributed by atoms with Gasteiger partial charge < -0.3 is 10.1 Å². The Morgan fingerprint density at radius 1 is 1.50 bits per heavy atom. The molecule has 2 fully saturated rings. The minimum Gasteiger partial charge on any atom is -0.373 e. The van der Waals surface area contributed by atoms with E-state index in [1.807, 2.05) is 0 Å². The molecule has 7 heteroatoms. The lowest BCUT2D eigenvalue weighted by molar-refractivity contribution is -0.384. The van der Waals surface area contributed by atoms with Gasteiger partial charge in [-0.2, -0.15) is 0 Å². The summed E-state index contributed by atoms with van der Waals surface area (Å²) >= 11 is 5.78. The molecular weight excluding hydrogens is 258 g/mol. The number of hydrogen-bond acceptors (Lipinski definition) is 5. The van der Waals surface area contributed by atoms with Crippen LogP contribution in [0.25, 0.3) is 0 Å². The second-order valence-electron chi connectivity index (χ2n) is 4.62. The first-order chi connectivity index (χ1) is 8.63. The van der Waals surface area contributed by atoms with Crippen LogP contribution >= 0.6 is 11.6 Å². The van der Waals surface area contributed by atoms with Crippen LogP contribution in [0.1, 0.15) is 19.3 Å². The number of fused-ring (bicyclic) bond motifs is 2. The standard InChI is InChI=1S/C11H12ClN3O3/c12-10-4-2-8(15(16)17)11(14-10)13-7-5-6-1-3-9(7)18-6/h2,4,6-7,9H,1,3,5H2,(H,13,14). The lowest BCUT2D eigenvalue weighted by Gasteiger charge is -2.20. The Morgan fingerprint density at radius 2 is 2.33 bits per heavy atom. The summed E-state index contributed by atoms with van der Waals surface area (Å²) in [6.45, 7) is 0. The minimum absolute atomic E-state index is 0.0535. The van der Waals surface area contributed by atoms with Crippen molar-refractivity contribution in [2.75, 3.05) is 5.32 Å². The van der Waals surface area contributed by atoms with Crippen molar-refractivity contribution in [2.45, 2.75) is 37.5 Å². The molecule has 1 aromatic heterocycles. The number of rotatable bonds is 3. The van der Waals surface area contributed by atoms with Crippen molar-refractivity contribution < 1.29 is 9.66 Å². The van der Waals surface area contributed by atoms with Crippen LogP contribution in [0.15, 0.2) is 12.1 Å². The quantitative estimate of drug-likeness (QED) is 0.518. The fourth-order valence-corrected chi connectivity index (χ4v) is 2.79. The Balaban J connectivity index is 1.83. The monoisotopic (exact) mass is 269 g/mol. The third-order valence-corrected chi connectivity index (χ3v) is 3.68. The number of nitrogens with one attached hydrogen (secondary N) is 1. The summed E-state index contributed by atoms with van der Waals surface area (Å²) in [5.41, 5.74) is -0.0535. The van der Waals surface area contributed by atoms with Crippen molar-refractivity contribution in [3.63, 3.8) is 0 Å². The Labute approximate surface area is 108 Å². The number of hydrogen-bond donors (Lipinski definition) is 1. The van der Waals surface area contributed by atoms with Crippen LogP contribution in [0.3, 0.4) is 0 Å². The molecule has 3 atom stereocenters. The van der Waals surface area contributed by atoms with Gasteiger partial charge in [-0.1, -0.05) is 11.6 Å². The maximum Gasteiger partial charge on any atom is 0.311 e. The topological polar surface area (TPSA) is 77.3 Å². The molecule has 3 rings (SSSR count). The van der Waals surface area contributed by atoms with Crippen LogP contribution in [-0.2, 0) is 4.74 Å². The molecule has 6 nitrogen and oxygen atoms in total. The van der Waals surface area contributed by atoms with Gasteiger partial charge >= 0.3 is 5.69 Å². The average Bonchev–Trinajstić information content (AvgIpc) is 2.90. The molecule has 96 valence electrons. The molecule has 1 N–H and O–H groups in total. The van der Waals surface area contributed by atoms with Crippen LogP contribution in [0.2, 0.25) is 5.15 Å². The Morgan fingerprint density at radius 3 is 2.94 bits per heavy atom. The lowest BCUT2D eigenvalue weighted by Crippen LogP contribution is -2.31. The summed E-state index contributed by atoms with van der Waals surface area (Å²) < 4.78 is 5.69. The fourth-order valence-electron chi connectivity index (χ4n) is 2.65. The summed E-state index contributed by atoms with van der Waals surface area (Å²) in [5.74, 6) is 0.230. The molecule has 0 spiro atoms. The normalized spacial score (nSPS) is 29.5. The Kier molecular flexibility index (Phi) is 2.83. The Bertz CT molecular complexity index is 496. The van der Waals surface area contributed by atoms with Crippen molar-refractivity contribution in [2.24, 2.45) is 0 Å². The number of nitrogens with zero attached hydrogens (tertiary/aromatic N) is 2. The van der Waals surface area contributed by atoms with Gasteiger partial charge in [-0.3, -0.25) is 10.1 Å². The molecule has 0 aliphatic carbocycles. The predicted octanol–water partition coefficient (Wildman–Crippen LogP) is 2.38. The molecule has 3 heterocycles. The van der Waals surface area contributed by atoms with Gasteiger partial charge in [0, 0.05) is 6.07 Å². The van der Waals surface area contributed by atoms with Crippen molar-refractivity contribution in [1.82, 2.24) is 4.98 Å². The van der Waals surface area contributed by atoms with Crippen molar-refractivity contribution in [3.8, 4) is 0 Å². The van der Waals surface area contributed by atoms with E-state index in [4.69, 9.17) is 16.3 Å². The molecular formula is C11H12ClN3O3. The van der Waals surface area contributed by atoms with Gasteiger partial charge in [-0.05, 0) is 25.3 Å². The van der Waals surface area contributed by atoms with Crippen LogP contribution in [-0.4, -0.2) is 28.2 Å². The summed E-state index contributed by atoms with van der Waals surface area (Å²) in [6, 6.07) is 2.88. The highest BCUT2D eigenvalue weighted by atomic mass is 35.5. The van der Waals surface area contributed by atoms with Gasteiger partial charge in [0.2, 0.25) is 5.82 Å². The molecule has 0 amide bonds. The largest absolute Gasteiger partial charge is 0.373 e. The number of nitro groups is 1. The third kappa shape index (κ3) is 2.02. The van der Waals surface area contributed by atoms with E-state index >= 15 is 0 Å². The summed E-state index contributed by atoms with van der Waals surface area (Å²) in [5, 5.41) is 14.3. The third-order valence-electron chi connectivity index (χ3n) is 3.46. The molecule has 0 aromatic carbocycles. The van der Waals surface area contributed by atoms with E-state index in [9.17, 15) is 10.1 Å². The SMILES string of the molecule is O=[N+]([O-])c1ccc(Cl)nc1NC1CC2CCC1O2. The summed E-state index contributed by atoms with van der Waals surface area (Å²) in [7, 11) is 0. The second kappa shape index (κ2) is 4.37. The van der Waals surface area contributed by atoms with Gasteiger partial charge in [0.25, 0.3) is 0 Å². The fraction of sp³-hybridized carbons (Fsp3) is 0.545. The van der Waals surface area contributed by atoms with Crippen molar-refractivity contribution in [1.29, 1.82) is 0 Å². The van der Waals surface area contributed by atoms with Crippen LogP contribution in [0.4, 0.5) is 11.5 Å². The number of pyridine rings is 1. The highest BCUT2D eigenvalue weighted by molar-refractivity contribution is 6.29. The molecule has 2 bridgehead atoms. The molecule has 0 saturated carbocycles. The van der Waals surface area contributed by atoms with E-state index in [0.29, 0.717) is 0 Å². The second-order valence-corrected chi connectivity index (χ2v) is 5.01. The first kappa shape index (κ1) is 11.7. The zero-order valence-electron chi connectivity index (χ0n) is 9.51. The van der Waals surface area contributed by atoms with Crippen molar-refractivity contribution in [3.05, 3.63) is 27.4 Å². The molecule has 3 unspecified atom stereocenters. The maximum absolute atomic E-state index is 10.9. The predicted molar refractivity (Wildman–Crippen MR) is 65.8 cm³/mol. The van der Waals surface area contributed by atoms with E-state index in [1.165, 1.54) is 12.1 Å². The number of ether oxygens (including phenoxy) is 1. The first-order valence-corrected chi connectivity index (χ1v) is 6.24. The average molecular weight is 270 g/mol. The smallest absolute Gasteiger partial charge is 0.311 e. The summed E-state index contributed by atoms with van der Waals surface area (Å²) in [6.07, 6.45) is 3.36. The lowest BCUT2D eigenvalue weighted by atomic mass is 9.95. The molecule has 18 heavy (non-hydrogen) atoms. The van der Waals surface area contributed by atoms with E-state index in [-0.39, 0.29) is 34.9 Å². The van der Waals surface area contributed by atoms with E-state index in [2.05, 4.69) is 10.3 Å². The number of halogens is 1. The van der Waals surface area contributed by atoms with Gasteiger partial charge in [-0.25, -0.2) is 4.98 Å². The zero-order valence-corrected chi connectivity index (χ0v) is 10.3. The van der Waals surface area contributed by atoms with Gasteiger partial charge in [0.15, 0.2) is 0 Å². The number of aromatic nitrogens is 1. The minimum atomic E-state index is -0.459. The zero-order chi connectivity index (χ0) is 12.7. The van der Waals surface area contributed by atoms with E-state index in [1.54, 1.807) is 0 Å². The molecule has 2 aliphatic heterocycles. The van der Waals surface area contributed by atoms with Crippen LogP contribution in [0, 0.1) is 10.1 Å². The Hall–Kier alpha value is -1.40. The van der Waals surface area contributed by atoms with Crippen LogP contribution < -0.4 is 5.32 Å². The van der Waals surface area contributed by atoms with Crippen LogP contribution in [0.5, 0.6) is 0 Å². The highest BCUT2D eigenvalue weighted by Crippen LogP contribution is 2.37. The maximum atomic E-state index is 10.9. The highest BCUT2D eigenvalue weighted by Gasteiger charge is 2.41. The molecule has 2 saturated heterocycles. The molecule has 2 aliphatic rings. The van der Waals surface area contributed by atoms with E-state index in [0.717, 1.165) is 19.3 Å².